The predicted octanol–water partition coefficient (Wildman–Crippen LogP) is 2.92. The third kappa shape index (κ3) is 3.32. The highest BCUT2D eigenvalue weighted by Gasteiger charge is 2.45. The molecule has 0 aromatic heterocycles. The zero-order chi connectivity index (χ0) is 18.9. The van der Waals surface area contributed by atoms with Gasteiger partial charge in [0.25, 0.3) is 0 Å². The highest BCUT2D eigenvalue weighted by Crippen LogP contribution is 2.39. The minimum atomic E-state index is -3.68. The van der Waals surface area contributed by atoms with Gasteiger partial charge in [0.05, 0.1) is 5.56 Å². The van der Waals surface area contributed by atoms with Gasteiger partial charge in [-0.3, -0.25) is 4.79 Å². The van der Waals surface area contributed by atoms with Crippen molar-refractivity contribution in [3.63, 3.8) is 0 Å². The molecule has 0 unspecified atom stereocenters. The molecule has 5 nitrogen and oxygen atoms in total. The van der Waals surface area contributed by atoms with Crippen LogP contribution in [0.15, 0.2) is 48.5 Å². The van der Waals surface area contributed by atoms with E-state index in [0.29, 0.717) is 5.56 Å². The SMILES string of the molecule is O=C(O)c1cccc2c1OB(O)[C@@H](CC(=O)C(F)(F)c1ccccc1)C2. The molecular formula is C18H15BF2O5. The highest BCUT2D eigenvalue weighted by atomic mass is 19.3. The number of Topliss-reactive ketones (excluding diaryl/α,β-unsaturated/α-hetero) is 1. The van der Waals surface area contributed by atoms with Gasteiger partial charge in [-0.15, -0.1) is 0 Å². The molecule has 2 aromatic carbocycles. The lowest BCUT2D eigenvalue weighted by Crippen LogP contribution is -2.38. The summed E-state index contributed by atoms with van der Waals surface area (Å²) in [5.41, 5.74) is -0.0817. The number of benzene rings is 2. The first-order valence-electron chi connectivity index (χ1n) is 7.97. The molecular weight excluding hydrogens is 345 g/mol. The third-order valence-electron chi connectivity index (χ3n) is 4.39. The van der Waals surface area contributed by atoms with Crippen molar-refractivity contribution in [1.82, 2.24) is 0 Å². The number of ketones is 1. The summed E-state index contributed by atoms with van der Waals surface area (Å²) >= 11 is 0. The molecule has 0 saturated carbocycles. The van der Waals surface area contributed by atoms with E-state index in [9.17, 15) is 23.4 Å². The third-order valence-corrected chi connectivity index (χ3v) is 4.39. The first-order chi connectivity index (χ1) is 12.3. The Morgan fingerprint density at radius 1 is 1.15 bits per heavy atom. The molecule has 0 bridgehead atoms. The number of carbonyl (C=O) groups excluding carboxylic acids is 1. The Morgan fingerprint density at radius 2 is 1.85 bits per heavy atom. The average Bonchev–Trinajstić information content (AvgIpc) is 2.62. The van der Waals surface area contributed by atoms with Gasteiger partial charge < -0.3 is 14.8 Å². The number of hydrogen-bond acceptors (Lipinski definition) is 4. The topological polar surface area (TPSA) is 83.8 Å². The monoisotopic (exact) mass is 360 g/mol. The van der Waals surface area contributed by atoms with E-state index in [1.165, 1.54) is 36.4 Å². The van der Waals surface area contributed by atoms with Crippen molar-refractivity contribution in [3.8, 4) is 5.75 Å². The molecule has 0 fully saturated rings. The van der Waals surface area contributed by atoms with Crippen LogP contribution in [-0.2, 0) is 17.1 Å². The molecule has 8 heteroatoms. The van der Waals surface area contributed by atoms with Crippen LogP contribution in [0.4, 0.5) is 8.78 Å². The fraction of sp³-hybridized carbons (Fsp3) is 0.222. The number of carbonyl (C=O) groups is 2. The van der Waals surface area contributed by atoms with E-state index in [1.807, 2.05) is 0 Å². The summed E-state index contributed by atoms with van der Waals surface area (Å²) in [4.78, 5) is 23.4. The molecule has 0 amide bonds. The highest BCUT2D eigenvalue weighted by molar-refractivity contribution is 6.47. The zero-order valence-electron chi connectivity index (χ0n) is 13.6. The van der Waals surface area contributed by atoms with E-state index in [1.54, 1.807) is 12.1 Å². The second-order valence-electron chi connectivity index (χ2n) is 6.14. The first kappa shape index (κ1) is 18.1. The molecule has 134 valence electrons. The lowest BCUT2D eigenvalue weighted by atomic mass is 9.64. The van der Waals surface area contributed by atoms with Crippen LogP contribution in [0.1, 0.15) is 27.9 Å². The number of alkyl halides is 2. The van der Waals surface area contributed by atoms with Crippen LogP contribution in [-0.4, -0.2) is 29.0 Å². The molecule has 3 rings (SSSR count). The Morgan fingerprint density at radius 3 is 2.50 bits per heavy atom. The lowest BCUT2D eigenvalue weighted by Gasteiger charge is -2.28. The molecule has 1 atom stereocenters. The van der Waals surface area contributed by atoms with Crippen molar-refractivity contribution in [2.75, 3.05) is 0 Å². The van der Waals surface area contributed by atoms with Crippen LogP contribution in [0.3, 0.4) is 0 Å². The van der Waals surface area contributed by atoms with E-state index in [2.05, 4.69) is 0 Å². The first-order valence-corrected chi connectivity index (χ1v) is 7.97. The van der Waals surface area contributed by atoms with Gasteiger partial charge in [-0.1, -0.05) is 42.5 Å². The molecule has 2 aromatic rings. The van der Waals surface area contributed by atoms with E-state index in [4.69, 9.17) is 9.76 Å². The Hall–Kier alpha value is -2.74. The standard InChI is InChI=1S/C18H15BF2O5/c20-18(21,12-6-2-1-3-7-12)15(22)10-13-9-11-5-4-8-14(17(23)24)16(11)26-19(13)25/h1-8,13,25H,9-10H2,(H,23,24)/t13-/m1/s1. The summed E-state index contributed by atoms with van der Waals surface area (Å²) in [7, 11) is -1.54. The van der Waals surface area contributed by atoms with E-state index in [0.717, 1.165) is 0 Å². The number of aromatic carboxylic acids is 1. The van der Waals surface area contributed by atoms with Crippen molar-refractivity contribution in [1.29, 1.82) is 0 Å². The summed E-state index contributed by atoms with van der Waals surface area (Å²) in [5.74, 6) is -7.11. The number of carboxylic acid groups (broad SMARTS) is 1. The number of halogens is 2. The quantitative estimate of drug-likeness (QED) is 0.801. The maximum absolute atomic E-state index is 14.3. The van der Waals surface area contributed by atoms with E-state index in [-0.39, 0.29) is 17.7 Å². The molecule has 2 N–H and O–H groups in total. The molecule has 26 heavy (non-hydrogen) atoms. The minimum Gasteiger partial charge on any atom is -0.535 e. The van der Waals surface area contributed by atoms with Crippen LogP contribution in [0, 0.1) is 0 Å². The number of carboxylic acids is 1. The Kier molecular flexibility index (Phi) is 4.78. The van der Waals surface area contributed by atoms with Crippen LogP contribution in [0.5, 0.6) is 5.75 Å². The zero-order valence-corrected chi connectivity index (χ0v) is 13.6. The van der Waals surface area contributed by atoms with Gasteiger partial charge in [-0.05, 0) is 18.1 Å². The van der Waals surface area contributed by atoms with Crippen molar-refractivity contribution in [2.24, 2.45) is 0 Å². The largest absolute Gasteiger partial charge is 0.535 e. The Labute approximate surface area is 148 Å². The number of rotatable bonds is 5. The van der Waals surface area contributed by atoms with Crippen molar-refractivity contribution in [3.05, 3.63) is 65.2 Å². The average molecular weight is 360 g/mol. The van der Waals surface area contributed by atoms with Gasteiger partial charge in [-0.2, -0.15) is 8.78 Å². The molecule has 0 saturated heterocycles. The fourth-order valence-electron chi connectivity index (χ4n) is 3.00. The van der Waals surface area contributed by atoms with E-state index < -0.39 is 42.6 Å². The van der Waals surface area contributed by atoms with Gasteiger partial charge >= 0.3 is 19.0 Å². The summed E-state index contributed by atoms with van der Waals surface area (Å²) < 4.78 is 33.9. The van der Waals surface area contributed by atoms with Crippen LogP contribution in [0.25, 0.3) is 0 Å². The predicted molar refractivity (Wildman–Crippen MR) is 89.4 cm³/mol. The molecule has 0 spiro atoms. The van der Waals surface area contributed by atoms with Crippen molar-refractivity contribution < 1.29 is 33.2 Å². The molecule has 1 aliphatic heterocycles. The summed E-state index contributed by atoms with van der Waals surface area (Å²) in [6.07, 6.45) is -0.534. The van der Waals surface area contributed by atoms with E-state index >= 15 is 0 Å². The second-order valence-corrected chi connectivity index (χ2v) is 6.14. The number of para-hydroxylation sites is 1. The fourth-order valence-corrected chi connectivity index (χ4v) is 3.00. The van der Waals surface area contributed by atoms with Crippen molar-refractivity contribution in [2.45, 2.75) is 24.6 Å². The van der Waals surface area contributed by atoms with Gasteiger partial charge in [0.15, 0.2) is 0 Å². The van der Waals surface area contributed by atoms with Gasteiger partial charge in [-0.25, -0.2) is 4.79 Å². The molecule has 1 aliphatic rings. The Bertz CT molecular complexity index is 841. The molecule has 0 aliphatic carbocycles. The second kappa shape index (κ2) is 6.88. The number of hydrogen-bond donors (Lipinski definition) is 2. The van der Waals surface area contributed by atoms with Gasteiger partial charge in [0, 0.05) is 17.8 Å². The van der Waals surface area contributed by atoms with Gasteiger partial charge in [0.2, 0.25) is 5.78 Å². The maximum Gasteiger partial charge on any atom is 0.526 e. The molecule has 1 heterocycles. The summed E-state index contributed by atoms with van der Waals surface area (Å²) in [6, 6.07) is 11.1. The van der Waals surface area contributed by atoms with Crippen LogP contribution in [0.2, 0.25) is 5.82 Å². The van der Waals surface area contributed by atoms with Crippen molar-refractivity contribution >= 4 is 18.9 Å². The lowest BCUT2D eigenvalue weighted by molar-refractivity contribution is -0.144. The van der Waals surface area contributed by atoms with Crippen LogP contribution >= 0.6 is 0 Å². The summed E-state index contributed by atoms with van der Waals surface area (Å²) in [6.45, 7) is 0. The number of fused-ring (bicyclic) bond motifs is 1. The van der Waals surface area contributed by atoms with Crippen LogP contribution < -0.4 is 4.65 Å². The molecule has 0 radical (unpaired) electrons. The summed E-state index contributed by atoms with van der Waals surface area (Å²) in [5, 5.41) is 19.3. The normalized spacial score (nSPS) is 16.6. The Balaban J connectivity index is 1.80. The maximum atomic E-state index is 14.3. The smallest absolute Gasteiger partial charge is 0.526 e. The minimum absolute atomic E-state index is 0.00557. The van der Waals surface area contributed by atoms with Gasteiger partial charge in [0.1, 0.15) is 5.75 Å².